The molecule has 0 aliphatic carbocycles. The minimum atomic E-state index is -0.386. The summed E-state index contributed by atoms with van der Waals surface area (Å²) in [5.74, 6) is 0.399. The standard InChI is InChI=1S/C11H16N2O3/c1-15-11(14)9-7-12-10(13-9)6-8-4-2-3-5-16-8/h7-8H,2-6H2,1H3,(H,12,13). The van der Waals surface area contributed by atoms with Crippen LogP contribution in [0.4, 0.5) is 0 Å². The highest BCUT2D eigenvalue weighted by atomic mass is 16.5. The highest BCUT2D eigenvalue weighted by molar-refractivity contribution is 5.86. The molecule has 2 rings (SSSR count). The Morgan fingerprint density at radius 3 is 3.25 bits per heavy atom. The largest absolute Gasteiger partial charge is 0.464 e. The van der Waals surface area contributed by atoms with Crippen molar-refractivity contribution in [1.29, 1.82) is 0 Å². The van der Waals surface area contributed by atoms with Crippen molar-refractivity contribution in [3.05, 3.63) is 17.7 Å². The van der Waals surface area contributed by atoms with Crippen LogP contribution in [0.15, 0.2) is 6.20 Å². The summed E-state index contributed by atoms with van der Waals surface area (Å²) >= 11 is 0. The first-order valence-electron chi connectivity index (χ1n) is 5.53. The lowest BCUT2D eigenvalue weighted by Gasteiger charge is -2.21. The van der Waals surface area contributed by atoms with E-state index >= 15 is 0 Å². The predicted molar refractivity (Wildman–Crippen MR) is 57.2 cm³/mol. The minimum absolute atomic E-state index is 0.227. The van der Waals surface area contributed by atoms with Crippen LogP contribution in [0.2, 0.25) is 0 Å². The summed E-state index contributed by atoms with van der Waals surface area (Å²) in [6, 6.07) is 0. The van der Waals surface area contributed by atoms with Crippen molar-refractivity contribution in [1.82, 2.24) is 9.97 Å². The molecule has 1 N–H and O–H groups in total. The van der Waals surface area contributed by atoms with Gasteiger partial charge in [-0.15, -0.1) is 0 Å². The lowest BCUT2D eigenvalue weighted by atomic mass is 10.1. The van der Waals surface area contributed by atoms with Crippen LogP contribution < -0.4 is 0 Å². The maximum atomic E-state index is 11.2. The van der Waals surface area contributed by atoms with Gasteiger partial charge in [-0.3, -0.25) is 0 Å². The van der Waals surface area contributed by atoms with Crippen LogP contribution >= 0.6 is 0 Å². The lowest BCUT2D eigenvalue weighted by molar-refractivity contribution is 0.0157. The maximum Gasteiger partial charge on any atom is 0.356 e. The van der Waals surface area contributed by atoms with E-state index in [0.29, 0.717) is 5.69 Å². The zero-order valence-corrected chi connectivity index (χ0v) is 9.36. The molecular weight excluding hydrogens is 208 g/mol. The number of hydrogen-bond donors (Lipinski definition) is 1. The number of H-pyrrole nitrogens is 1. The van der Waals surface area contributed by atoms with Crippen LogP contribution in [0.5, 0.6) is 0 Å². The Labute approximate surface area is 94.2 Å². The molecule has 0 bridgehead atoms. The fourth-order valence-electron chi connectivity index (χ4n) is 1.86. The Morgan fingerprint density at radius 2 is 2.56 bits per heavy atom. The second kappa shape index (κ2) is 5.12. The van der Waals surface area contributed by atoms with Crippen LogP contribution in [0.25, 0.3) is 0 Å². The molecule has 0 spiro atoms. The number of ether oxygens (including phenoxy) is 2. The van der Waals surface area contributed by atoms with Crippen molar-refractivity contribution >= 4 is 5.97 Å². The Morgan fingerprint density at radius 1 is 1.69 bits per heavy atom. The number of nitrogens with zero attached hydrogens (tertiary/aromatic N) is 1. The normalized spacial score (nSPS) is 20.7. The van der Waals surface area contributed by atoms with Crippen LogP contribution in [0, 0.1) is 0 Å². The number of hydrogen-bond acceptors (Lipinski definition) is 4. The first kappa shape index (κ1) is 11.1. The van der Waals surface area contributed by atoms with Gasteiger partial charge in [-0.2, -0.15) is 0 Å². The average Bonchev–Trinajstić information content (AvgIpc) is 2.78. The lowest BCUT2D eigenvalue weighted by Crippen LogP contribution is -2.21. The van der Waals surface area contributed by atoms with Crippen molar-refractivity contribution in [2.45, 2.75) is 31.8 Å². The van der Waals surface area contributed by atoms with Crippen molar-refractivity contribution in [3.8, 4) is 0 Å². The fraction of sp³-hybridized carbons (Fsp3) is 0.636. The van der Waals surface area contributed by atoms with Gasteiger partial charge in [0.25, 0.3) is 0 Å². The quantitative estimate of drug-likeness (QED) is 0.786. The van der Waals surface area contributed by atoms with E-state index in [-0.39, 0.29) is 12.1 Å². The van der Waals surface area contributed by atoms with E-state index in [2.05, 4.69) is 14.7 Å². The first-order valence-corrected chi connectivity index (χ1v) is 5.53. The summed E-state index contributed by atoms with van der Waals surface area (Å²) in [5, 5.41) is 0. The topological polar surface area (TPSA) is 64.2 Å². The molecule has 0 radical (unpaired) electrons. The molecule has 1 saturated heterocycles. The Hall–Kier alpha value is -1.36. The Bertz CT molecular complexity index is 356. The van der Waals surface area contributed by atoms with E-state index in [1.54, 1.807) is 0 Å². The van der Waals surface area contributed by atoms with E-state index in [9.17, 15) is 4.79 Å². The van der Waals surface area contributed by atoms with Gasteiger partial charge in [0.15, 0.2) is 0 Å². The summed E-state index contributed by atoms with van der Waals surface area (Å²) in [4.78, 5) is 18.3. The molecule has 1 atom stereocenters. The number of imidazole rings is 1. The zero-order chi connectivity index (χ0) is 11.4. The van der Waals surface area contributed by atoms with Gasteiger partial charge >= 0.3 is 5.97 Å². The summed E-state index contributed by atoms with van der Waals surface area (Å²) < 4.78 is 10.2. The molecule has 16 heavy (non-hydrogen) atoms. The number of aromatic nitrogens is 2. The molecule has 5 nitrogen and oxygen atoms in total. The monoisotopic (exact) mass is 224 g/mol. The van der Waals surface area contributed by atoms with Gasteiger partial charge in [-0.1, -0.05) is 0 Å². The second-order valence-electron chi connectivity index (χ2n) is 3.93. The molecule has 1 aromatic heterocycles. The molecule has 1 aliphatic heterocycles. The first-order chi connectivity index (χ1) is 7.79. The third-order valence-electron chi connectivity index (χ3n) is 2.73. The van der Waals surface area contributed by atoms with Gasteiger partial charge in [0.2, 0.25) is 0 Å². The summed E-state index contributed by atoms with van der Waals surface area (Å²) in [5.41, 5.74) is 0.397. The Balaban J connectivity index is 1.94. The molecule has 0 aromatic carbocycles. The minimum Gasteiger partial charge on any atom is -0.464 e. The van der Waals surface area contributed by atoms with Gasteiger partial charge in [0.1, 0.15) is 11.5 Å². The van der Waals surface area contributed by atoms with Gasteiger partial charge in [0.05, 0.1) is 19.4 Å². The number of carbonyl (C=O) groups excluding carboxylic acids is 1. The van der Waals surface area contributed by atoms with Crippen LogP contribution in [-0.2, 0) is 15.9 Å². The van der Waals surface area contributed by atoms with Crippen molar-refractivity contribution < 1.29 is 14.3 Å². The van der Waals surface area contributed by atoms with Crippen molar-refractivity contribution in [3.63, 3.8) is 0 Å². The maximum absolute atomic E-state index is 11.2. The van der Waals surface area contributed by atoms with E-state index in [4.69, 9.17) is 4.74 Å². The fourth-order valence-corrected chi connectivity index (χ4v) is 1.86. The van der Waals surface area contributed by atoms with Gasteiger partial charge < -0.3 is 14.5 Å². The predicted octanol–water partition coefficient (Wildman–Crippen LogP) is 1.31. The van der Waals surface area contributed by atoms with Gasteiger partial charge in [-0.25, -0.2) is 9.78 Å². The highest BCUT2D eigenvalue weighted by Gasteiger charge is 2.17. The van der Waals surface area contributed by atoms with E-state index in [1.165, 1.54) is 19.7 Å². The average molecular weight is 224 g/mol. The molecule has 5 heteroatoms. The molecule has 0 saturated carbocycles. The van der Waals surface area contributed by atoms with Crippen LogP contribution in [0.3, 0.4) is 0 Å². The molecule has 2 heterocycles. The van der Waals surface area contributed by atoms with E-state index in [0.717, 1.165) is 31.7 Å². The second-order valence-corrected chi connectivity index (χ2v) is 3.93. The van der Waals surface area contributed by atoms with E-state index < -0.39 is 0 Å². The molecule has 1 unspecified atom stereocenters. The third-order valence-corrected chi connectivity index (χ3v) is 2.73. The number of carbonyl (C=O) groups is 1. The smallest absolute Gasteiger partial charge is 0.356 e. The van der Waals surface area contributed by atoms with E-state index in [1.807, 2.05) is 0 Å². The summed E-state index contributed by atoms with van der Waals surface area (Å²) in [7, 11) is 1.35. The molecule has 88 valence electrons. The van der Waals surface area contributed by atoms with Gasteiger partial charge in [-0.05, 0) is 19.3 Å². The summed E-state index contributed by atoms with van der Waals surface area (Å²) in [6.07, 6.45) is 5.87. The Kier molecular flexibility index (Phi) is 3.56. The molecule has 1 aliphatic rings. The zero-order valence-electron chi connectivity index (χ0n) is 9.36. The number of nitrogens with one attached hydrogen (secondary N) is 1. The number of esters is 1. The number of aromatic amines is 1. The highest BCUT2D eigenvalue weighted by Crippen LogP contribution is 2.16. The van der Waals surface area contributed by atoms with Crippen molar-refractivity contribution in [2.24, 2.45) is 0 Å². The molecular formula is C11H16N2O3. The number of rotatable bonds is 3. The molecule has 1 aromatic rings. The van der Waals surface area contributed by atoms with Gasteiger partial charge in [0, 0.05) is 13.0 Å². The third kappa shape index (κ3) is 2.61. The SMILES string of the molecule is COC(=O)c1cnc(CC2CCCCO2)[nH]1. The van der Waals surface area contributed by atoms with Crippen molar-refractivity contribution in [2.75, 3.05) is 13.7 Å². The molecule has 0 amide bonds. The molecule has 1 fully saturated rings. The van der Waals surface area contributed by atoms with Crippen LogP contribution in [0.1, 0.15) is 35.6 Å². The number of methoxy groups -OCH3 is 1. The van der Waals surface area contributed by atoms with Crippen LogP contribution in [-0.4, -0.2) is 35.8 Å². The summed E-state index contributed by atoms with van der Waals surface area (Å²) in [6.45, 7) is 0.829.